The topological polar surface area (TPSA) is 89.5 Å². The van der Waals surface area contributed by atoms with Crippen LogP contribution in [0, 0.1) is 11.8 Å². The summed E-state index contributed by atoms with van der Waals surface area (Å²) >= 11 is 0. The fourth-order valence-corrected chi connectivity index (χ4v) is 5.84. The summed E-state index contributed by atoms with van der Waals surface area (Å²) in [6.45, 7) is 23.6. The average molecular weight is 521 g/mol. The molecule has 0 aromatic heterocycles. The Hall–Kier alpha value is -0.786. The summed E-state index contributed by atoms with van der Waals surface area (Å²) in [5.41, 5.74) is 0. The normalized spacial score (nSPS) is 26.0. The number of hydrogen-bond acceptors (Lipinski definition) is 8. The monoisotopic (exact) mass is 520 g/mol. The molecule has 0 aromatic rings. The summed E-state index contributed by atoms with van der Waals surface area (Å²) in [6.07, 6.45) is -0.299. The van der Waals surface area contributed by atoms with Crippen LogP contribution in [0.3, 0.4) is 0 Å². The quantitative estimate of drug-likeness (QED) is 0.376. The zero-order chi connectivity index (χ0) is 26.5. The van der Waals surface area contributed by atoms with E-state index in [4.69, 9.17) is 27.8 Å². The highest BCUT2D eigenvalue weighted by atomic mass is 28.4. The van der Waals surface area contributed by atoms with E-state index in [1.807, 2.05) is 0 Å². The van der Waals surface area contributed by atoms with Crippen molar-refractivity contribution in [3.05, 3.63) is 0 Å². The second-order valence-corrected chi connectivity index (χ2v) is 21.7. The van der Waals surface area contributed by atoms with Gasteiger partial charge in [-0.3, -0.25) is 9.59 Å². The van der Waals surface area contributed by atoms with Crippen LogP contribution in [0.1, 0.15) is 41.5 Å². The maximum absolute atomic E-state index is 11.6. The van der Waals surface area contributed by atoms with E-state index < -0.39 is 16.6 Å². The van der Waals surface area contributed by atoms with Crippen LogP contribution in [0.15, 0.2) is 0 Å². The molecule has 0 amide bonds. The molecule has 0 radical (unpaired) electrons. The molecular formula is C24H48O8Si2. The predicted molar refractivity (Wildman–Crippen MR) is 137 cm³/mol. The van der Waals surface area contributed by atoms with Crippen molar-refractivity contribution < 1.29 is 37.4 Å². The summed E-state index contributed by atoms with van der Waals surface area (Å²) in [5.74, 6) is -0.999. The Morgan fingerprint density at radius 1 is 0.647 bits per heavy atom. The lowest BCUT2D eigenvalue weighted by atomic mass is 10.1. The van der Waals surface area contributed by atoms with Gasteiger partial charge in [-0.2, -0.15) is 0 Å². The Kier molecular flexibility index (Phi) is 11.0. The van der Waals surface area contributed by atoms with Gasteiger partial charge in [0.1, 0.15) is 11.8 Å². The van der Waals surface area contributed by atoms with Gasteiger partial charge in [-0.05, 0) is 36.3 Å². The number of carbonyl (C=O) groups excluding carboxylic acids is 2. The molecule has 0 aromatic carbocycles. The molecule has 0 bridgehead atoms. The zero-order valence-corrected chi connectivity index (χ0v) is 25.4. The molecule has 200 valence electrons. The van der Waals surface area contributed by atoms with E-state index in [1.54, 1.807) is 0 Å². The molecular weight excluding hydrogens is 472 g/mol. The van der Waals surface area contributed by atoms with E-state index in [9.17, 15) is 9.59 Å². The van der Waals surface area contributed by atoms with E-state index in [0.717, 1.165) is 0 Å². The van der Waals surface area contributed by atoms with Crippen LogP contribution in [0.4, 0.5) is 0 Å². The number of esters is 2. The SMILES string of the molecule is COC(=O)[C@@H]1COC[C@@H]1O[Si](C)(C)C(C)(C)C.COC(=O)[C@@H]1COC[C@H]1O[Si](C)(C)C(C)(C)C. The Morgan fingerprint density at radius 3 is 1.18 bits per heavy atom. The van der Waals surface area contributed by atoms with Crippen molar-refractivity contribution in [2.24, 2.45) is 11.8 Å². The third kappa shape index (κ3) is 8.13. The molecule has 0 spiro atoms. The van der Waals surface area contributed by atoms with Gasteiger partial charge in [0.2, 0.25) is 0 Å². The maximum atomic E-state index is 11.6. The van der Waals surface area contributed by atoms with E-state index in [-0.39, 0.29) is 46.1 Å². The molecule has 2 fully saturated rings. The van der Waals surface area contributed by atoms with Crippen LogP contribution in [-0.4, -0.2) is 81.4 Å². The Morgan fingerprint density at radius 2 is 0.941 bits per heavy atom. The average Bonchev–Trinajstić information content (AvgIpc) is 3.34. The summed E-state index contributed by atoms with van der Waals surface area (Å²) in [7, 11) is -0.903. The zero-order valence-electron chi connectivity index (χ0n) is 23.4. The first-order valence-corrected chi connectivity index (χ1v) is 17.9. The molecule has 2 rings (SSSR count). The molecule has 4 atom stereocenters. The largest absolute Gasteiger partial charge is 0.469 e. The van der Waals surface area contributed by atoms with Crippen molar-refractivity contribution in [3.63, 3.8) is 0 Å². The highest BCUT2D eigenvalue weighted by Gasteiger charge is 2.45. The summed E-state index contributed by atoms with van der Waals surface area (Å²) in [5, 5.41) is 0.270. The van der Waals surface area contributed by atoms with Crippen molar-refractivity contribution in [2.45, 2.75) is 90.0 Å². The highest BCUT2D eigenvalue weighted by molar-refractivity contribution is 6.74. The van der Waals surface area contributed by atoms with Crippen LogP contribution in [0.25, 0.3) is 0 Å². The highest BCUT2D eigenvalue weighted by Crippen LogP contribution is 2.40. The first-order valence-electron chi connectivity index (χ1n) is 12.0. The molecule has 2 aliphatic rings. The minimum atomic E-state index is -1.86. The van der Waals surface area contributed by atoms with E-state index >= 15 is 0 Å². The van der Waals surface area contributed by atoms with Crippen LogP contribution >= 0.6 is 0 Å². The van der Waals surface area contributed by atoms with Crippen LogP contribution in [0.2, 0.25) is 36.3 Å². The smallest absolute Gasteiger partial charge is 0.313 e. The van der Waals surface area contributed by atoms with Gasteiger partial charge in [0.05, 0.1) is 52.9 Å². The van der Waals surface area contributed by atoms with Crippen molar-refractivity contribution >= 4 is 28.6 Å². The predicted octanol–water partition coefficient (Wildman–Crippen LogP) is 4.39. The molecule has 0 N–H and O–H groups in total. The van der Waals surface area contributed by atoms with E-state index in [0.29, 0.717) is 26.4 Å². The Bertz CT molecular complexity index is 623. The fraction of sp³-hybridized carbons (Fsp3) is 0.917. The Balaban J connectivity index is 0.000000340. The lowest BCUT2D eigenvalue weighted by molar-refractivity contribution is -0.148. The van der Waals surface area contributed by atoms with Crippen LogP contribution in [0.5, 0.6) is 0 Å². The van der Waals surface area contributed by atoms with Crippen LogP contribution < -0.4 is 0 Å². The fourth-order valence-electron chi connectivity index (χ4n) is 3.15. The second-order valence-electron chi connectivity index (χ2n) is 12.2. The number of hydrogen-bond donors (Lipinski definition) is 0. The minimum absolute atomic E-state index is 0.135. The van der Waals surface area contributed by atoms with Gasteiger partial charge in [-0.1, -0.05) is 41.5 Å². The van der Waals surface area contributed by atoms with E-state index in [2.05, 4.69) is 67.7 Å². The van der Waals surface area contributed by atoms with Crippen LogP contribution in [-0.2, 0) is 37.4 Å². The molecule has 0 aliphatic carbocycles. The summed E-state index contributed by atoms with van der Waals surface area (Å²) in [4.78, 5) is 23.2. The van der Waals surface area contributed by atoms with Crippen molar-refractivity contribution in [1.29, 1.82) is 0 Å². The molecule has 2 heterocycles. The number of methoxy groups -OCH3 is 2. The number of carbonyl (C=O) groups is 2. The lowest BCUT2D eigenvalue weighted by Crippen LogP contribution is -2.46. The molecule has 10 heteroatoms. The summed E-state index contributed by atoms with van der Waals surface area (Å²) < 4.78 is 32.7. The van der Waals surface area contributed by atoms with Gasteiger partial charge in [-0.25, -0.2) is 0 Å². The standard InChI is InChI=1S/2C12H24O4Si/c2*1-12(2,3)17(5,6)16-10-8-15-7-9(10)11(13)14-4/h2*9-10H,7-8H2,1-6H3/t9-,10+;9-,10-/m11/s1. The Labute approximate surface area is 208 Å². The second kappa shape index (κ2) is 12.0. The van der Waals surface area contributed by atoms with Crippen molar-refractivity contribution in [1.82, 2.24) is 0 Å². The third-order valence-electron chi connectivity index (χ3n) is 7.57. The molecule has 0 unspecified atom stereocenters. The summed E-state index contributed by atoms with van der Waals surface area (Å²) in [6, 6.07) is 0. The molecule has 0 saturated carbocycles. The third-order valence-corrected chi connectivity index (χ3v) is 16.6. The van der Waals surface area contributed by atoms with Crippen molar-refractivity contribution in [2.75, 3.05) is 40.6 Å². The van der Waals surface area contributed by atoms with Gasteiger partial charge < -0.3 is 27.8 Å². The van der Waals surface area contributed by atoms with Crippen molar-refractivity contribution in [3.8, 4) is 0 Å². The minimum Gasteiger partial charge on any atom is -0.469 e. The van der Waals surface area contributed by atoms with Gasteiger partial charge in [0.25, 0.3) is 0 Å². The molecule has 2 saturated heterocycles. The first kappa shape index (κ1) is 31.2. The van der Waals surface area contributed by atoms with Gasteiger partial charge >= 0.3 is 11.9 Å². The van der Waals surface area contributed by atoms with Gasteiger partial charge in [-0.15, -0.1) is 0 Å². The lowest BCUT2D eigenvalue weighted by Gasteiger charge is -2.38. The number of ether oxygens (including phenoxy) is 4. The maximum Gasteiger partial charge on any atom is 0.313 e. The molecule has 2 aliphatic heterocycles. The molecule has 8 nitrogen and oxygen atoms in total. The first-order chi connectivity index (χ1) is 15.4. The van der Waals surface area contributed by atoms with E-state index in [1.165, 1.54) is 14.2 Å². The number of rotatable bonds is 6. The van der Waals surface area contributed by atoms with Gasteiger partial charge in [0, 0.05) is 0 Å². The van der Waals surface area contributed by atoms with Gasteiger partial charge in [0.15, 0.2) is 16.6 Å². The molecule has 34 heavy (non-hydrogen) atoms.